The fraction of sp³-hybridized carbons (Fsp3) is 0.400. The van der Waals surface area contributed by atoms with E-state index in [-0.39, 0.29) is 5.91 Å². The van der Waals surface area contributed by atoms with Gasteiger partial charge in [-0.3, -0.25) is 15.4 Å². The lowest BCUT2D eigenvalue weighted by Crippen LogP contribution is -2.59. The molecule has 0 aromatic carbocycles. The topological polar surface area (TPSA) is 69.3 Å². The number of pyridine rings is 1. The van der Waals surface area contributed by atoms with E-state index >= 15 is 0 Å². The summed E-state index contributed by atoms with van der Waals surface area (Å²) in [5, 5.41) is 7.47. The molecule has 0 aliphatic carbocycles. The van der Waals surface area contributed by atoms with Crippen molar-refractivity contribution in [2.75, 3.05) is 26.2 Å². The smallest absolute Gasteiger partial charge is 0.282 e. The summed E-state index contributed by atoms with van der Waals surface area (Å²) in [6.07, 6.45) is 1.66. The van der Waals surface area contributed by atoms with Gasteiger partial charge in [-0.1, -0.05) is 0 Å². The van der Waals surface area contributed by atoms with Crippen LogP contribution in [0.15, 0.2) is 16.7 Å². The van der Waals surface area contributed by atoms with Crippen molar-refractivity contribution >= 4 is 27.7 Å². The van der Waals surface area contributed by atoms with Crippen LogP contribution in [-0.2, 0) is 10.5 Å². The summed E-state index contributed by atoms with van der Waals surface area (Å²) >= 11 is 3.37. The molecule has 3 N–H and O–H groups in total. The molecule has 1 aliphatic rings. The molecule has 0 atom stereocenters. The molecule has 1 amide bonds. The third-order valence-electron chi connectivity index (χ3n) is 2.95. The molecule has 17 heavy (non-hydrogen) atoms. The van der Waals surface area contributed by atoms with Gasteiger partial charge < -0.3 is 0 Å². The average molecular weight is 300 g/mol. The Hall–Kier alpha value is -1.02. The molecule has 92 valence electrons. The SMILES string of the molecule is CNN1C(=O)C(NC)(NC)c2cc(Br)cnc21. The summed E-state index contributed by atoms with van der Waals surface area (Å²) in [5.74, 6) is 0.468. The van der Waals surface area contributed by atoms with E-state index in [1.807, 2.05) is 6.07 Å². The Morgan fingerprint density at radius 1 is 1.35 bits per heavy atom. The molecule has 0 spiro atoms. The van der Waals surface area contributed by atoms with Gasteiger partial charge in [0.05, 0.1) is 0 Å². The standard InChI is InChI=1S/C10H14BrN5O/c1-12-10(13-2)7-4-6(11)5-15-8(7)16(14-3)9(10)17/h4-5,12-14H,1-3H3. The van der Waals surface area contributed by atoms with Gasteiger partial charge in [0, 0.05) is 23.3 Å². The van der Waals surface area contributed by atoms with Crippen LogP contribution in [0.5, 0.6) is 0 Å². The molecule has 6 nitrogen and oxygen atoms in total. The first-order valence-corrected chi connectivity index (χ1v) is 5.95. The van der Waals surface area contributed by atoms with E-state index in [2.05, 4.69) is 37.0 Å². The van der Waals surface area contributed by atoms with Crippen molar-refractivity contribution in [3.8, 4) is 0 Å². The maximum absolute atomic E-state index is 12.4. The zero-order valence-electron chi connectivity index (χ0n) is 9.84. The highest BCUT2D eigenvalue weighted by atomic mass is 79.9. The maximum atomic E-state index is 12.4. The Morgan fingerprint density at radius 3 is 2.53 bits per heavy atom. The van der Waals surface area contributed by atoms with E-state index in [0.717, 1.165) is 10.0 Å². The normalized spacial score (nSPS) is 17.4. The largest absolute Gasteiger partial charge is 0.290 e. The van der Waals surface area contributed by atoms with Gasteiger partial charge in [0.25, 0.3) is 5.91 Å². The molecule has 0 saturated heterocycles. The Balaban J connectivity index is 2.67. The number of carbonyl (C=O) groups is 1. The van der Waals surface area contributed by atoms with Gasteiger partial charge in [-0.15, -0.1) is 0 Å². The fourth-order valence-corrected chi connectivity index (χ4v) is 2.41. The van der Waals surface area contributed by atoms with Crippen molar-refractivity contribution in [1.82, 2.24) is 21.0 Å². The van der Waals surface area contributed by atoms with Crippen LogP contribution in [0, 0.1) is 0 Å². The number of fused-ring (bicyclic) bond motifs is 1. The van der Waals surface area contributed by atoms with Gasteiger partial charge in [0.2, 0.25) is 0 Å². The maximum Gasteiger partial charge on any atom is 0.282 e. The molecule has 1 aromatic heterocycles. The molecule has 0 radical (unpaired) electrons. The van der Waals surface area contributed by atoms with Crippen LogP contribution < -0.4 is 21.1 Å². The second kappa shape index (κ2) is 4.34. The quantitative estimate of drug-likeness (QED) is 0.681. The van der Waals surface area contributed by atoms with E-state index in [0.29, 0.717) is 5.82 Å². The van der Waals surface area contributed by atoms with E-state index in [4.69, 9.17) is 0 Å². The predicted molar refractivity (Wildman–Crippen MR) is 68.3 cm³/mol. The lowest BCUT2D eigenvalue weighted by molar-refractivity contribution is -0.125. The second-order valence-electron chi connectivity index (χ2n) is 3.64. The number of rotatable bonds is 3. The molecular weight excluding hydrogens is 286 g/mol. The number of hydrogen-bond acceptors (Lipinski definition) is 5. The lowest BCUT2D eigenvalue weighted by atomic mass is 10.0. The number of nitrogens with zero attached hydrogens (tertiary/aromatic N) is 2. The van der Waals surface area contributed by atoms with Crippen LogP contribution >= 0.6 is 15.9 Å². The van der Waals surface area contributed by atoms with Gasteiger partial charge in [0.1, 0.15) is 0 Å². The van der Waals surface area contributed by atoms with Gasteiger partial charge >= 0.3 is 0 Å². The van der Waals surface area contributed by atoms with Crippen LogP contribution in [-0.4, -0.2) is 32.0 Å². The Labute approximate surface area is 108 Å². The van der Waals surface area contributed by atoms with E-state index in [1.165, 1.54) is 5.01 Å². The van der Waals surface area contributed by atoms with Gasteiger partial charge in [-0.2, -0.15) is 0 Å². The minimum absolute atomic E-state index is 0.134. The van der Waals surface area contributed by atoms with Crippen LogP contribution in [0.4, 0.5) is 5.82 Å². The first-order valence-electron chi connectivity index (χ1n) is 5.16. The van der Waals surface area contributed by atoms with Gasteiger partial charge in [0.15, 0.2) is 11.5 Å². The number of hydrazine groups is 1. The minimum Gasteiger partial charge on any atom is -0.290 e. The van der Waals surface area contributed by atoms with Gasteiger partial charge in [-0.05, 0) is 36.1 Å². The second-order valence-corrected chi connectivity index (χ2v) is 4.55. The number of anilines is 1. The minimum atomic E-state index is -0.935. The molecular formula is C10H14BrN5O. The molecule has 0 bridgehead atoms. The highest BCUT2D eigenvalue weighted by Crippen LogP contribution is 2.36. The zero-order valence-corrected chi connectivity index (χ0v) is 11.4. The van der Waals surface area contributed by atoms with Crippen molar-refractivity contribution in [1.29, 1.82) is 0 Å². The van der Waals surface area contributed by atoms with Crippen LogP contribution in [0.3, 0.4) is 0 Å². The molecule has 0 fully saturated rings. The molecule has 2 rings (SSSR count). The predicted octanol–water partition coefficient (Wildman–Crippen LogP) is -0.0833. The Morgan fingerprint density at radius 2 is 2.00 bits per heavy atom. The molecule has 0 saturated carbocycles. The third-order valence-corrected chi connectivity index (χ3v) is 3.38. The third kappa shape index (κ3) is 1.58. The first kappa shape index (κ1) is 12.4. The number of hydrogen-bond donors (Lipinski definition) is 3. The van der Waals surface area contributed by atoms with E-state index in [1.54, 1.807) is 27.3 Å². The summed E-state index contributed by atoms with van der Waals surface area (Å²) in [5.41, 5.74) is 2.69. The van der Waals surface area contributed by atoms with Crippen LogP contribution in [0.25, 0.3) is 0 Å². The lowest BCUT2D eigenvalue weighted by Gasteiger charge is -2.27. The van der Waals surface area contributed by atoms with Crippen molar-refractivity contribution in [3.63, 3.8) is 0 Å². The van der Waals surface area contributed by atoms with E-state index in [9.17, 15) is 4.79 Å². The van der Waals surface area contributed by atoms with Crippen LogP contribution in [0.1, 0.15) is 5.56 Å². The summed E-state index contributed by atoms with van der Waals surface area (Å²) in [7, 11) is 5.16. The highest BCUT2D eigenvalue weighted by molar-refractivity contribution is 9.10. The molecule has 7 heteroatoms. The molecule has 1 aromatic rings. The number of nitrogens with one attached hydrogen (secondary N) is 3. The first-order chi connectivity index (χ1) is 8.10. The van der Waals surface area contributed by atoms with Crippen molar-refractivity contribution < 1.29 is 4.79 Å². The van der Waals surface area contributed by atoms with Gasteiger partial charge in [-0.25, -0.2) is 15.4 Å². The number of carbonyl (C=O) groups excluding carboxylic acids is 1. The van der Waals surface area contributed by atoms with Crippen LogP contribution in [0.2, 0.25) is 0 Å². The molecule has 0 unspecified atom stereocenters. The summed E-state index contributed by atoms with van der Waals surface area (Å²) in [6.45, 7) is 0. The number of halogens is 1. The molecule has 1 aliphatic heterocycles. The highest BCUT2D eigenvalue weighted by Gasteiger charge is 2.50. The van der Waals surface area contributed by atoms with Crippen molar-refractivity contribution in [2.45, 2.75) is 5.66 Å². The van der Waals surface area contributed by atoms with E-state index < -0.39 is 5.66 Å². The van der Waals surface area contributed by atoms with Crippen molar-refractivity contribution in [3.05, 3.63) is 22.3 Å². The van der Waals surface area contributed by atoms with Crippen molar-refractivity contribution in [2.24, 2.45) is 0 Å². The summed E-state index contributed by atoms with van der Waals surface area (Å²) in [4.78, 5) is 16.6. The molecule has 2 heterocycles. The zero-order chi connectivity index (χ0) is 12.6. The summed E-state index contributed by atoms with van der Waals surface area (Å²) in [6, 6.07) is 1.88. The number of likely N-dealkylation sites (N-methyl/N-ethyl adjacent to an activating group) is 2. The number of aromatic nitrogens is 1. The average Bonchev–Trinajstić information content (AvgIpc) is 2.57. The number of amides is 1. The Bertz CT molecular complexity index is 460. The monoisotopic (exact) mass is 299 g/mol. The Kier molecular flexibility index (Phi) is 3.17. The fourth-order valence-electron chi connectivity index (χ4n) is 2.08. The summed E-state index contributed by atoms with van der Waals surface area (Å²) < 4.78 is 0.830.